The molecule has 0 aliphatic heterocycles. The fourth-order valence-corrected chi connectivity index (χ4v) is 2.19. The van der Waals surface area contributed by atoms with Crippen molar-refractivity contribution in [3.63, 3.8) is 0 Å². The van der Waals surface area contributed by atoms with Crippen molar-refractivity contribution in [2.75, 3.05) is 0 Å². The summed E-state index contributed by atoms with van der Waals surface area (Å²) in [6, 6.07) is 6.35. The summed E-state index contributed by atoms with van der Waals surface area (Å²) in [6.07, 6.45) is 0. The van der Waals surface area contributed by atoms with E-state index in [9.17, 15) is 9.90 Å². The fraction of sp³-hybridized carbons (Fsp3) is 0.0769. The van der Waals surface area contributed by atoms with Crippen LogP contribution in [0.3, 0.4) is 0 Å². The average Bonchev–Trinajstić information content (AvgIpc) is 2.35. The Hall–Kier alpha value is -1.96. The molecule has 2 aromatic rings. The Morgan fingerprint density at radius 2 is 1.95 bits per heavy atom. The number of nitriles is 1. The number of aryl methyl sites for hydroxylation is 1. The van der Waals surface area contributed by atoms with Crippen LogP contribution in [0.15, 0.2) is 23.0 Å². The van der Waals surface area contributed by atoms with Crippen LogP contribution in [0.2, 0.25) is 10.0 Å². The van der Waals surface area contributed by atoms with Crippen LogP contribution in [-0.4, -0.2) is 10.1 Å². The average molecular weight is 295 g/mol. The topological polar surface area (TPSA) is 76.9 Å². The van der Waals surface area contributed by atoms with Crippen molar-refractivity contribution in [2.24, 2.45) is 0 Å². The van der Waals surface area contributed by atoms with E-state index >= 15 is 0 Å². The summed E-state index contributed by atoms with van der Waals surface area (Å²) >= 11 is 11.9. The molecule has 0 fully saturated rings. The van der Waals surface area contributed by atoms with Crippen LogP contribution in [0.1, 0.15) is 11.3 Å². The van der Waals surface area contributed by atoms with Crippen LogP contribution in [-0.2, 0) is 0 Å². The number of hydrogen-bond donors (Lipinski definition) is 2. The summed E-state index contributed by atoms with van der Waals surface area (Å²) in [5.74, 6) is -0.157. The molecule has 0 aliphatic carbocycles. The quantitative estimate of drug-likeness (QED) is 0.848. The molecule has 0 atom stereocenters. The van der Waals surface area contributed by atoms with Gasteiger partial charge in [0.1, 0.15) is 22.4 Å². The van der Waals surface area contributed by atoms with E-state index in [1.807, 2.05) is 6.07 Å². The van der Waals surface area contributed by atoms with Crippen LogP contribution >= 0.6 is 23.2 Å². The zero-order valence-electron chi connectivity index (χ0n) is 9.79. The Kier molecular flexibility index (Phi) is 3.52. The first-order valence-electron chi connectivity index (χ1n) is 5.27. The number of aromatic hydroxyl groups is 1. The van der Waals surface area contributed by atoms with E-state index in [-0.39, 0.29) is 21.4 Å². The molecule has 2 N–H and O–H groups in total. The van der Waals surface area contributed by atoms with Gasteiger partial charge in [-0.2, -0.15) is 5.26 Å². The predicted octanol–water partition coefficient (Wildman–Crippen LogP) is 3.23. The Morgan fingerprint density at radius 3 is 2.58 bits per heavy atom. The van der Waals surface area contributed by atoms with Gasteiger partial charge in [0.25, 0.3) is 5.56 Å². The van der Waals surface area contributed by atoms with E-state index in [0.29, 0.717) is 16.8 Å². The minimum absolute atomic E-state index is 0.0130. The second-order valence-corrected chi connectivity index (χ2v) is 4.70. The van der Waals surface area contributed by atoms with E-state index in [1.165, 1.54) is 12.1 Å². The maximum atomic E-state index is 11.7. The monoisotopic (exact) mass is 294 g/mol. The largest absolute Gasteiger partial charge is 0.506 e. The van der Waals surface area contributed by atoms with Gasteiger partial charge in [-0.3, -0.25) is 4.79 Å². The summed E-state index contributed by atoms with van der Waals surface area (Å²) in [7, 11) is 0. The summed E-state index contributed by atoms with van der Waals surface area (Å²) < 4.78 is 0. The fourth-order valence-electron chi connectivity index (χ4n) is 1.76. The van der Waals surface area contributed by atoms with Gasteiger partial charge in [0.2, 0.25) is 0 Å². The third-order valence-electron chi connectivity index (χ3n) is 2.63. The van der Waals surface area contributed by atoms with Gasteiger partial charge in [0.15, 0.2) is 0 Å². The normalized spacial score (nSPS) is 10.2. The number of rotatable bonds is 1. The molecule has 0 bridgehead atoms. The molecule has 0 saturated heterocycles. The molecular weight excluding hydrogens is 287 g/mol. The molecule has 19 heavy (non-hydrogen) atoms. The van der Waals surface area contributed by atoms with Crippen molar-refractivity contribution < 1.29 is 5.11 Å². The lowest BCUT2D eigenvalue weighted by Crippen LogP contribution is -2.12. The van der Waals surface area contributed by atoms with Crippen LogP contribution < -0.4 is 5.56 Å². The number of hydrogen-bond acceptors (Lipinski definition) is 3. The van der Waals surface area contributed by atoms with E-state index in [1.54, 1.807) is 13.0 Å². The molecule has 6 heteroatoms. The molecule has 1 aromatic heterocycles. The molecule has 0 unspecified atom stereocenters. The number of aromatic nitrogens is 1. The lowest BCUT2D eigenvalue weighted by Gasteiger charge is -2.09. The van der Waals surface area contributed by atoms with Gasteiger partial charge in [-0.15, -0.1) is 0 Å². The molecule has 2 rings (SSSR count). The van der Waals surface area contributed by atoms with Crippen molar-refractivity contribution in [3.05, 3.63) is 49.9 Å². The molecular formula is C13H8Cl2N2O2. The molecule has 0 radical (unpaired) electrons. The maximum Gasteiger partial charge on any atom is 0.266 e. The van der Waals surface area contributed by atoms with E-state index < -0.39 is 5.56 Å². The summed E-state index contributed by atoms with van der Waals surface area (Å²) in [5.41, 5.74) is 0.872. The molecule has 1 aromatic carbocycles. The van der Waals surface area contributed by atoms with Crippen molar-refractivity contribution in [1.29, 1.82) is 5.26 Å². The first-order chi connectivity index (χ1) is 8.95. The van der Waals surface area contributed by atoms with Crippen molar-refractivity contribution in [2.45, 2.75) is 6.92 Å². The zero-order chi connectivity index (χ0) is 14.2. The lowest BCUT2D eigenvalue weighted by molar-refractivity contribution is 0.475. The third-order valence-corrected chi connectivity index (χ3v) is 3.50. The van der Waals surface area contributed by atoms with Crippen LogP contribution in [0.5, 0.6) is 5.75 Å². The Labute approximate surface area is 118 Å². The highest BCUT2D eigenvalue weighted by Gasteiger charge is 2.16. The molecule has 4 nitrogen and oxygen atoms in total. The zero-order valence-corrected chi connectivity index (χ0v) is 11.3. The number of phenolic OH excluding ortho intramolecular Hbond substituents is 1. The predicted molar refractivity (Wildman–Crippen MR) is 73.6 cm³/mol. The Morgan fingerprint density at radius 1 is 1.26 bits per heavy atom. The van der Waals surface area contributed by atoms with E-state index in [4.69, 9.17) is 28.5 Å². The van der Waals surface area contributed by atoms with Gasteiger partial charge < -0.3 is 10.1 Å². The molecule has 0 saturated carbocycles. The minimum Gasteiger partial charge on any atom is -0.506 e. The highest BCUT2D eigenvalue weighted by atomic mass is 35.5. The molecule has 0 amide bonds. The highest BCUT2D eigenvalue weighted by Crippen LogP contribution is 2.39. The van der Waals surface area contributed by atoms with Gasteiger partial charge in [-0.25, -0.2) is 0 Å². The number of aromatic amines is 1. The first-order valence-corrected chi connectivity index (χ1v) is 6.02. The molecule has 0 spiro atoms. The van der Waals surface area contributed by atoms with Crippen molar-refractivity contribution in [3.8, 4) is 22.9 Å². The SMILES string of the molecule is Cc1cc(-c2ccc(O)c(Cl)c2Cl)c(C#N)c(=O)[nH]1. The lowest BCUT2D eigenvalue weighted by atomic mass is 10.0. The molecule has 1 heterocycles. The van der Waals surface area contributed by atoms with Crippen LogP contribution in [0, 0.1) is 18.3 Å². The summed E-state index contributed by atoms with van der Waals surface area (Å²) in [4.78, 5) is 14.3. The summed E-state index contributed by atoms with van der Waals surface area (Å²) in [6.45, 7) is 1.70. The number of H-pyrrole nitrogens is 1. The Balaban J connectivity index is 2.84. The standard InChI is InChI=1S/C13H8Cl2N2O2/c1-6-4-8(9(5-16)13(19)17-6)7-2-3-10(18)12(15)11(7)14/h2-4,18H,1H3,(H,17,19). The van der Waals surface area contributed by atoms with Crippen LogP contribution in [0.25, 0.3) is 11.1 Å². The number of pyridine rings is 1. The van der Waals surface area contributed by atoms with Gasteiger partial charge in [-0.1, -0.05) is 23.2 Å². The number of nitrogens with zero attached hydrogens (tertiary/aromatic N) is 1. The van der Waals surface area contributed by atoms with E-state index in [2.05, 4.69) is 4.98 Å². The third kappa shape index (κ3) is 2.30. The Bertz CT molecular complexity index is 760. The minimum atomic E-state index is -0.488. The second-order valence-electron chi connectivity index (χ2n) is 3.94. The number of phenols is 1. The maximum absolute atomic E-state index is 11.7. The molecule has 96 valence electrons. The smallest absolute Gasteiger partial charge is 0.266 e. The second kappa shape index (κ2) is 4.96. The highest BCUT2D eigenvalue weighted by molar-refractivity contribution is 6.44. The summed E-state index contributed by atoms with van der Waals surface area (Å²) in [5, 5.41) is 18.6. The van der Waals surface area contributed by atoms with E-state index in [0.717, 1.165) is 0 Å². The van der Waals surface area contributed by atoms with Crippen molar-refractivity contribution >= 4 is 23.2 Å². The number of nitrogens with one attached hydrogen (secondary N) is 1. The molecule has 0 aliphatic rings. The van der Waals surface area contributed by atoms with Crippen molar-refractivity contribution in [1.82, 2.24) is 4.98 Å². The number of halogens is 2. The van der Waals surface area contributed by atoms with Crippen LogP contribution in [0.4, 0.5) is 0 Å². The van der Waals surface area contributed by atoms with Gasteiger partial charge in [0, 0.05) is 16.8 Å². The van der Waals surface area contributed by atoms with Gasteiger partial charge in [0.05, 0.1) is 5.02 Å². The van der Waals surface area contributed by atoms with Gasteiger partial charge in [-0.05, 0) is 25.1 Å². The van der Waals surface area contributed by atoms with Gasteiger partial charge >= 0.3 is 0 Å². The number of benzene rings is 1. The first kappa shape index (κ1) is 13.5.